The average molecular weight is 437 g/mol. The summed E-state index contributed by atoms with van der Waals surface area (Å²) in [5.74, 6) is -0.587. The van der Waals surface area contributed by atoms with Gasteiger partial charge in [0.05, 0.1) is 10.5 Å². The first-order chi connectivity index (χ1) is 13.8. The number of halogens is 1. The molecule has 0 radical (unpaired) electrons. The van der Waals surface area contributed by atoms with Gasteiger partial charge in [-0.1, -0.05) is 18.2 Å². The summed E-state index contributed by atoms with van der Waals surface area (Å²) < 4.78 is 41.2. The van der Waals surface area contributed by atoms with Gasteiger partial charge in [0.25, 0.3) is 5.91 Å². The first-order valence-corrected chi connectivity index (χ1v) is 12.2. The summed E-state index contributed by atoms with van der Waals surface area (Å²) in [6.07, 6.45) is 4.89. The number of likely N-dealkylation sites (tertiary alicyclic amines) is 1. The topological polar surface area (TPSA) is 57.7 Å². The third kappa shape index (κ3) is 4.82. The quantitative estimate of drug-likeness (QED) is 0.643. The number of piperidine rings is 1. The van der Waals surface area contributed by atoms with Crippen LogP contribution in [0, 0.1) is 5.82 Å². The number of carbonyl (C=O) groups excluding carboxylic acids is 1. The average Bonchev–Trinajstić information content (AvgIpc) is 2.74. The first kappa shape index (κ1) is 21.8. The van der Waals surface area contributed by atoms with Gasteiger partial charge in [-0.3, -0.25) is 4.79 Å². The van der Waals surface area contributed by atoms with Crippen molar-refractivity contribution in [3.63, 3.8) is 0 Å². The first-order valence-electron chi connectivity index (χ1n) is 9.51. The number of hydrogen-bond acceptors (Lipinski definition) is 4. The molecule has 1 heterocycles. The van der Waals surface area contributed by atoms with Gasteiger partial charge in [-0.15, -0.1) is 11.8 Å². The van der Waals surface area contributed by atoms with Crippen LogP contribution in [0.5, 0.6) is 0 Å². The molecule has 0 bridgehead atoms. The highest BCUT2D eigenvalue weighted by molar-refractivity contribution is 7.98. The lowest BCUT2D eigenvalue weighted by molar-refractivity contribution is 0.0720. The lowest BCUT2D eigenvalue weighted by Crippen LogP contribution is -2.36. The van der Waals surface area contributed by atoms with Gasteiger partial charge >= 0.3 is 0 Å². The minimum Gasteiger partial charge on any atom is -0.339 e. The third-order valence-electron chi connectivity index (χ3n) is 5.10. The minimum atomic E-state index is -3.88. The van der Waals surface area contributed by atoms with E-state index in [9.17, 15) is 17.6 Å². The Labute approximate surface area is 175 Å². The number of hydrogen-bond donors (Lipinski definition) is 0. The van der Waals surface area contributed by atoms with Crippen LogP contribution in [0.1, 0.15) is 35.2 Å². The Morgan fingerprint density at radius 3 is 2.48 bits per heavy atom. The highest BCUT2D eigenvalue weighted by atomic mass is 32.2. The zero-order valence-corrected chi connectivity index (χ0v) is 18.2. The summed E-state index contributed by atoms with van der Waals surface area (Å²) in [4.78, 5) is 15.6. The van der Waals surface area contributed by atoms with E-state index in [-0.39, 0.29) is 17.3 Å². The van der Waals surface area contributed by atoms with Crippen molar-refractivity contribution >= 4 is 27.7 Å². The molecule has 2 aromatic carbocycles. The predicted molar refractivity (Wildman–Crippen MR) is 113 cm³/mol. The molecule has 1 aliphatic heterocycles. The van der Waals surface area contributed by atoms with Crippen LogP contribution in [0.25, 0.3) is 0 Å². The van der Waals surface area contributed by atoms with E-state index >= 15 is 0 Å². The van der Waals surface area contributed by atoms with Gasteiger partial charge in [0, 0.05) is 37.1 Å². The molecule has 1 fully saturated rings. The smallest absolute Gasteiger partial charge is 0.255 e. The van der Waals surface area contributed by atoms with E-state index in [1.54, 1.807) is 29.2 Å². The maximum absolute atomic E-state index is 13.9. The molecule has 1 saturated heterocycles. The van der Waals surface area contributed by atoms with Crippen LogP contribution in [0.3, 0.4) is 0 Å². The van der Waals surface area contributed by atoms with Crippen molar-refractivity contribution in [3.05, 3.63) is 59.4 Å². The molecule has 0 atom stereocenters. The van der Waals surface area contributed by atoms with Crippen LogP contribution < -0.4 is 0 Å². The van der Waals surface area contributed by atoms with E-state index in [1.807, 2.05) is 6.26 Å². The van der Waals surface area contributed by atoms with E-state index in [2.05, 4.69) is 0 Å². The Morgan fingerprint density at radius 1 is 1.14 bits per heavy atom. The molecule has 156 valence electrons. The Hall–Kier alpha value is -1.90. The summed E-state index contributed by atoms with van der Waals surface area (Å²) in [5.41, 5.74) is 0.698. The van der Waals surface area contributed by atoms with Crippen LogP contribution in [0.4, 0.5) is 4.39 Å². The van der Waals surface area contributed by atoms with Gasteiger partial charge in [0.15, 0.2) is 0 Å². The molecule has 0 saturated carbocycles. The molecular formula is C21H25FN2O3S2. The standard InChI is InChI=1S/C21H25FN2O3S2/c1-23(15-16-8-4-5-9-19(16)22)29(26,27)17-10-11-20(28-2)18(14-17)21(25)24-12-6-3-7-13-24/h4-5,8-11,14H,3,6-7,12-13,15H2,1-2H3. The highest BCUT2D eigenvalue weighted by Crippen LogP contribution is 2.28. The number of thioether (sulfide) groups is 1. The van der Waals surface area contributed by atoms with E-state index < -0.39 is 15.8 Å². The Bertz CT molecular complexity index is 989. The highest BCUT2D eigenvalue weighted by Gasteiger charge is 2.26. The monoisotopic (exact) mass is 436 g/mol. The zero-order valence-electron chi connectivity index (χ0n) is 16.6. The molecule has 3 rings (SSSR count). The summed E-state index contributed by atoms with van der Waals surface area (Å²) >= 11 is 1.41. The van der Waals surface area contributed by atoms with Gasteiger partial charge in [-0.25, -0.2) is 12.8 Å². The van der Waals surface area contributed by atoms with Crippen molar-refractivity contribution < 1.29 is 17.6 Å². The molecular weight excluding hydrogens is 411 g/mol. The van der Waals surface area contributed by atoms with Gasteiger partial charge in [-0.05, 0) is 49.8 Å². The third-order valence-corrected chi connectivity index (χ3v) is 7.70. The molecule has 29 heavy (non-hydrogen) atoms. The van der Waals surface area contributed by atoms with Crippen LogP contribution in [0.2, 0.25) is 0 Å². The van der Waals surface area contributed by atoms with E-state index in [1.165, 1.54) is 37.0 Å². The molecule has 0 aromatic heterocycles. The second-order valence-corrected chi connectivity index (χ2v) is 9.96. The Balaban J connectivity index is 1.90. The van der Waals surface area contributed by atoms with Crippen molar-refractivity contribution in [1.82, 2.24) is 9.21 Å². The summed E-state index contributed by atoms with van der Waals surface area (Å²) in [7, 11) is -2.47. The molecule has 5 nitrogen and oxygen atoms in total. The SMILES string of the molecule is CSc1ccc(S(=O)(=O)N(C)Cc2ccccc2F)cc1C(=O)N1CCCCC1. The van der Waals surface area contributed by atoms with Gasteiger partial charge in [0.2, 0.25) is 10.0 Å². The maximum atomic E-state index is 13.9. The van der Waals surface area contributed by atoms with Crippen LogP contribution in [-0.2, 0) is 16.6 Å². The number of carbonyl (C=O) groups is 1. The largest absolute Gasteiger partial charge is 0.339 e. The van der Waals surface area contributed by atoms with Gasteiger partial charge in [0.1, 0.15) is 5.82 Å². The van der Waals surface area contributed by atoms with Crippen molar-refractivity contribution in [2.24, 2.45) is 0 Å². The molecule has 2 aromatic rings. The normalized spacial score (nSPS) is 15.0. The van der Waals surface area contributed by atoms with Crippen LogP contribution in [0.15, 0.2) is 52.3 Å². The van der Waals surface area contributed by atoms with Crippen molar-refractivity contribution in [2.75, 3.05) is 26.4 Å². The molecule has 1 amide bonds. The molecule has 8 heteroatoms. The Kier molecular flexibility index (Phi) is 6.97. The molecule has 0 unspecified atom stereocenters. The van der Waals surface area contributed by atoms with Crippen molar-refractivity contribution in [2.45, 2.75) is 35.6 Å². The zero-order chi connectivity index (χ0) is 21.0. The number of rotatable bonds is 6. The number of amides is 1. The lowest BCUT2D eigenvalue weighted by Gasteiger charge is -2.27. The number of sulfonamides is 1. The maximum Gasteiger partial charge on any atom is 0.255 e. The molecule has 0 N–H and O–H groups in total. The van der Waals surface area contributed by atoms with Crippen LogP contribution >= 0.6 is 11.8 Å². The molecule has 0 spiro atoms. The fourth-order valence-electron chi connectivity index (χ4n) is 3.41. The van der Waals surface area contributed by atoms with Crippen molar-refractivity contribution in [1.29, 1.82) is 0 Å². The summed E-state index contributed by atoms with van der Waals surface area (Å²) in [5, 5.41) is 0. The predicted octanol–water partition coefficient (Wildman–Crippen LogP) is 3.99. The van der Waals surface area contributed by atoms with Gasteiger partial charge < -0.3 is 4.90 Å². The fraction of sp³-hybridized carbons (Fsp3) is 0.381. The van der Waals surface area contributed by atoms with Gasteiger partial charge in [-0.2, -0.15) is 4.31 Å². The minimum absolute atomic E-state index is 0.0366. The number of benzene rings is 2. The molecule has 1 aliphatic rings. The fourth-order valence-corrected chi connectivity index (χ4v) is 5.16. The van der Waals surface area contributed by atoms with E-state index in [0.29, 0.717) is 24.2 Å². The number of nitrogens with zero attached hydrogens (tertiary/aromatic N) is 2. The summed E-state index contributed by atoms with van der Waals surface area (Å²) in [6.45, 7) is 1.29. The lowest BCUT2D eigenvalue weighted by atomic mass is 10.1. The van der Waals surface area contributed by atoms with Crippen molar-refractivity contribution in [3.8, 4) is 0 Å². The van der Waals surface area contributed by atoms with E-state index in [4.69, 9.17) is 0 Å². The second-order valence-electron chi connectivity index (χ2n) is 7.07. The molecule has 0 aliphatic carbocycles. The second kappa shape index (κ2) is 9.28. The van der Waals surface area contributed by atoms with Crippen LogP contribution in [-0.4, -0.2) is 49.9 Å². The Morgan fingerprint density at radius 2 is 1.83 bits per heavy atom. The summed E-state index contributed by atoms with van der Waals surface area (Å²) in [6, 6.07) is 10.7. The van der Waals surface area contributed by atoms with E-state index in [0.717, 1.165) is 28.5 Å².